The molecule has 0 unspecified atom stereocenters. The molecule has 0 saturated heterocycles. The van der Waals surface area contributed by atoms with Crippen LogP contribution in [0.15, 0.2) is 15.3 Å². The summed E-state index contributed by atoms with van der Waals surface area (Å²) >= 11 is 4.90. The van der Waals surface area contributed by atoms with Crippen molar-refractivity contribution in [2.45, 2.75) is 6.92 Å². The quantitative estimate of drug-likeness (QED) is 0.562. The van der Waals surface area contributed by atoms with Crippen LogP contribution < -0.4 is 5.56 Å². The number of hydrogen-bond donors (Lipinski definition) is 1. The highest BCUT2D eigenvalue weighted by Gasteiger charge is 2.13. The van der Waals surface area contributed by atoms with Crippen LogP contribution in [0.4, 0.5) is 4.39 Å². The van der Waals surface area contributed by atoms with E-state index >= 15 is 0 Å². The van der Waals surface area contributed by atoms with E-state index < -0.39 is 0 Å². The van der Waals surface area contributed by atoms with E-state index in [2.05, 4.69) is 25.9 Å². The van der Waals surface area contributed by atoms with Crippen LogP contribution in [-0.2, 0) is 0 Å². The SMILES string of the molecule is Cc1nc2c(I)c(F)c(Br)cc2c(=O)[nH]1. The van der Waals surface area contributed by atoms with Crippen molar-refractivity contribution in [3.05, 3.63) is 36.1 Å². The standard InChI is InChI=1S/C9H5BrFIN2O/c1-3-13-8-4(9(15)14-3)2-5(10)6(11)7(8)12/h2H,1H3,(H,13,14,15). The number of aromatic nitrogens is 2. The van der Waals surface area contributed by atoms with Gasteiger partial charge >= 0.3 is 0 Å². The van der Waals surface area contributed by atoms with Gasteiger partial charge in [-0.2, -0.15) is 0 Å². The lowest BCUT2D eigenvalue weighted by atomic mass is 10.2. The first-order chi connectivity index (χ1) is 7.00. The van der Waals surface area contributed by atoms with E-state index in [1.807, 2.05) is 22.6 Å². The molecular weight excluding hydrogens is 378 g/mol. The van der Waals surface area contributed by atoms with Gasteiger partial charge in [-0.05, 0) is 51.5 Å². The molecule has 0 aliphatic carbocycles. The van der Waals surface area contributed by atoms with Gasteiger partial charge in [0.2, 0.25) is 0 Å². The Morgan fingerprint density at radius 1 is 1.60 bits per heavy atom. The van der Waals surface area contributed by atoms with Gasteiger partial charge < -0.3 is 4.98 Å². The zero-order valence-corrected chi connectivity index (χ0v) is 11.3. The van der Waals surface area contributed by atoms with Gasteiger partial charge in [0.15, 0.2) is 5.82 Å². The monoisotopic (exact) mass is 382 g/mol. The number of nitrogens with one attached hydrogen (secondary N) is 1. The summed E-state index contributed by atoms with van der Waals surface area (Å²) < 4.78 is 14.1. The molecule has 1 aromatic heterocycles. The number of rotatable bonds is 0. The molecule has 2 rings (SSSR count). The minimum absolute atomic E-state index is 0.254. The predicted octanol–water partition coefficient (Wildman–Crippen LogP) is 2.74. The number of fused-ring (bicyclic) bond motifs is 1. The number of nitrogens with zero attached hydrogens (tertiary/aromatic N) is 1. The molecule has 0 fully saturated rings. The van der Waals surface area contributed by atoms with E-state index in [1.54, 1.807) is 6.92 Å². The molecule has 3 nitrogen and oxygen atoms in total. The van der Waals surface area contributed by atoms with E-state index in [4.69, 9.17) is 0 Å². The normalized spacial score (nSPS) is 10.9. The maximum atomic E-state index is 13.5. The first-order valence-corrected chi connectivity index (χ1v) is 5.92. The van der Waals surface area contributed by atoms with Gasteiger partial charge in [-0.3, -0.25) is 4.79 Å². The summed E-state index contributed by atoms with van der Waals surface area (Å²) in [6.45, 7) is 1.66. The van der Waals surface area contributed by atoms with Gasteiger partial charge in [-0.25, -0.2) is 9.37 Å². The lowest BCUT2D eigenvalue weighted by molar-refractivity contribution is 0.615. The summed E-state index contributed by atoms with van der Waals surface area (Å²) in [5.41, 5.74) is 0.147. The highest BCUT2D eigenvalue weighted by molar-refractivity contribution is 14.1. The number of aryl methyl sites for hydroxylation is 1. The van der Waals surface area contributed by atoms with Crippen molar-refractivity contribution in [3.8, 4) is 0 Å². The largest absolute Gasteiger partial charge is 0.310 e. The summed E-state index contributed by atoms with van der Waals surface area (Å²) in [4.78, 5) is 18.3. The van der Waals surface area contributed by atoms with Crippen molar-refractivity contribution in [2.24, 2.45) is 0 Å². The van der Waals surface area contributed by atoms with Crippen molar-refractivity contribution in [2.75, 3.05) is 0 Å². The molecule has 0 saturated carbocycles. The first-order valence-electron chi connectivity index (χ1n) is 4.05. The number of aromatic amines is 1. The maximum Gasteiger partial charge on any atom is 0.258 e. The van der Waals surface area contributed by atoms with Gasteiger partial charge in [-0.1, -0.05) is 0 Å². The molecule has 0 aliphatic heterocycles. The summed E-state index contributed by atoms with van der Waals surface area (Å²) in [7, 11) is 0. The zero-order valence-electron chi connectivity index (χ0n) is 7.57. The molecule has 1 heterocycles. The molecule has 0 bridgehead atoms. The minimum atomic E-state index is -0.388. The smallest absolute Gasteiger partial charge is 0.258 e. The van der Waals surface area contributed by atoms with E-state index in [0.717, 1.165) is 0 Å². The zero-order chi connectivity index (χ0) is 11.2. The van der Waals surface area contributed by atoms with Gasteiger partial charge in [0.1, 0.15) is 5.82 Å². The first kappa shape index (κ1) is 11.0. The van der Waals surface area contributed by atoms with Crippen LogP contribution >= 0.6 is 38.5 Å². The van der Waals surface area contributed by atoms with Crippen LogP contribution in [-0.4, -0.2) is 9.97 Å². The summed E-state index contributed by atoms with van der Waals surface area (Å²) in [5, 5.41) is 0.387. The molecular formula is C9H5BrFIN2O. The van der Waals surface area contributed by atoms with Gasteiger partial charge in [-0.15, -0.1) is 0 Å². The fourth-order valence-electron chi connectivity index (χ4n) is 1.30. The molecule has 0 aliphatic rings. The number of hydrogen-bond acceptors (Lipinski definition) is 2. The molecule has 0 amide bonds. The Morgan fingerprint density at radius 2 is 2.27 bits per heavy atom. The molecule has 0 atom stereocenters. The lowest BCUT2D eigenvalue weighted by Gasteiger charge is -2.03. The van der Waals surface area contributed by atoms with Crippen LogP contribution in [0.1, 0.15) is 5.82 Å². The number of halogens is 3. The molecule has 6 heteroatoms. The molecule has 2 aromatic rings. The second-order valence-corrected chi connectivity index (χ2v) is 4.97. The van der Waals surface area contributed by atoms with Crippen molar-refractivity contribution in [3.63, 3.8) is 0 Å². The third kappa shape index (κ3) is 1.80. The van der Waals surface area contributed by atoms with Crippen molar-refractivity contribution in [1.82, 2.24) is 9.97 Å². The molecule has 0 spiro atoms. The summed E-state index contributed by atoms with van der Waals surface area (Å²) in [6, 6.07) is 1.44. The van der Waals surface area contributed by atoms with Crippen molar-refractivity contribution < 1.29 is 4.39 Å². The number of benzene rings is 1. The average molecular weight is 383 g/mol. The van der Waals surface area contributed by atoms with E-state index in [-0.39, 0.29) is 15.8 Å². The van der Waals surface area contributed by atoms with E-state index in [9.17, 15) is 9.18 Å². The topological polar surface area (TPSA) is 45.8 Å². The second kappa shape index (κ2) is 3.82. The molecule has 1 N–H and O–H groups in total. The average Bonchev–Trinajstić information content (AvgIpc) is 2.17. The minimum Gasteiger partial charge on any atom is -0.310 e. The third-order valence-corrected chi connectivity index (χ3v) is 3.52. The highest BCUT2D eigenvalue weighted by Crippen LogP contribution is 2.26. The Morgan fingerprint density at radius 3 is 2.93 bits per heavy atom. The fraction of sp³-hybridized carbons (Fsp3) is 0.111. The fourth-order valence-corrected chi connectivity index (χ4v) is 2.79. The van der Waals surface area contributed by atoms with Crippen molar-refractivity contribution >= 4 is 49.4 Å². The summed E-state index contributed by atoms with van der Waals surface area (Å²) in [5.74, 6) is 0.0905. The van der Waals surface area contributed by atoms with Crippen molar-refractivity contribution in [1.29, 1.82) is 0 Å². The number of H-pyrrole nitrogens is 1. The maximum absolute atomic E-state index is 13.5. The Balaban J connectivity index is 3.05. The highest BCUT2D eigenvalue weighted by atomic mass is 127. The van der Waals surface area contributed by atoms with Crippen LogP contribution in [0, 0.1) is 16.3 Å². The van der Waals surface area contributed by atoms with Crippen LogP contribution in [0.5, 0.6) is 0 Å². The summed E-state index contributed by atoms with van der Waals surface area (Å²) in [6.07, 6.45) is 0. The molecule has 78 valence electrons. The van der Waals surface area contributed by atoms with Gasteiger partial charge in [0, 0.05) is 0 Å². The Hall–Kier alpha value is -0.500. The Kier molecular flexibility index (Phi) is 2.80. The second-order valence-electron chi connectivity index (χ2n) is 3.03. The Bertz CT molecular complexity index is 611. The molecule has 15 heavy (non-hydrogen) atoms. The van der Waals surface area contributed by atoms with Gasteiger partial charge in [0.05, 0.1) is 18.9 Å². The van der Waals surface area contributed by atoms with Crippen LogP contribution in [0.3, 0.4) is 0 Å². The van der Waals surface area contributed by atoms with Gasteiger partial charge in [0.25, 0.3) is 5.56 Å². The van der Waals surface area contributed by atoms with Crippen LogP contribution in [0.2, 0.25) is 0 Å². The molecule has 1 aromatic carbocycles. The van der Waals surface area contributed by atoms with Crippen LogP contribution in [0.25, 0.3) is 10.9 Å². The Labute approximate surface area is 106 Å². The molecule has 0 radical (unpaired) electrons. The van der Waals surface area contributed by atoms with E-state index in [0.29, 0.717) is 20.3 Å². The van der Waals surface area contributed by atoms with E-state index in [1.165, 1.54) is 6.07 Å². The third-order valence-electron chi connectivity index (χ3n) is 1.96. The predicted molar refractivity (Wildman–Crippen MR) is 67.5 cm³/mol. The lowest BCUT2D eigenvalue weighted by Crippen LogP contribution is -2.11.